The number of esters is 1. The summed E-state index contributed by atoms with van der Waals surface area (Å²) in [6.45, 7) is 0. The highest BCUT2D eigenvalue weighted by molar-refractivity contribution is 5.93. The van der Waals surface area contributed by atoms with Gasteiger partial charge in [0.2, 0.25) is 0 Å². The van der Waals surface area contributed by atoms with E-state index in [2.05, 4.69) is 4.74 Å². The van der Waals surface area contributed by atoms with Crippen LogP contribution in [0.5, 0.6) is 5.75 Å². The average Bonchev–Trinajstić information content (AvgIpc) is 2.16. The van der Waals surface area contributed by atoms with E-state index in [-0.39, 0.29) is 12.4 Å². The molecule has 78 valence electrons. The molecule has 0 aromatic heterocycles. The molecule has 0 saturated carbocycles. The van der Waals surface area contributed by atoms with Crippen molar-refractivity contribution in [1.82, 2.24) is 0 Å². The minimum absolute atomic E-state index is 0. The predicted molar refractivity (Wildman–Crippen MR) is 56.0 cm³/mol. The molecule has 0 unspecified atom stereocenters. The molecule has 0 spiro atoms. The lowest BCUT2D eigenvalue weighted by molar-refractivity contribution is 0.0597. The van der Waals surface area contributed by atoms with Gasteiger partial charge in [0.05, 0.1) is 14.2 Å². The van der Waals surface area contributed by atoms with Gasteiger partial charge >= 0.3 is 5.97 Å². The molecule has 0 radical (unpaired) electrons. The van der Waals surface area contributed by atoms with E-state index in [1.165, 1.54) is 14.2 Å². The fraction of sp³-hybridized carbons (Fsp3) is 0.222. The predicted octanol–water partition coefficient (Wildman–Crippen LogP) is 1.49. The molecular formula is C9H12ClNO3. The van der Waals surface area contributed by atoms with Crippen LogP contribution in [-0.2, 0) is 4.74 Å². The molecule has 0 fully saturated rings. The molecule has 0 atom stereocenters. The molecular weight excluding hydrogens is 206 g/mol. The van der Waals surface area contributed by atoms with Gasteiger partial charge in [0, 0.05) is 11.8 Å². The maximum Gasteiger partial charge on any atom is 0.341 e. The maximum absolute atomic E-state index is 11.2. The highest BCUT2D eigenvalue weighted by Gasteiger charge is 2.11. The second-order valence-corrected chi connectivity index (χ2v) is 2.45. The molecule has 14 heavy (non-hydrogen) atoms. The second kappa shape index (κ2) is 5.34. The molecule has 1 aromatic carbocycles. The molecule has 4 nitrogen and oxygen atoms in total. The summed E-state index contributed by atoms with van der Waals surface area (Å²) in [5, 5.41) is 0. The summed E-state index contributed by atoms with van der Waals surface area (Å²) < 4.78 is 9.53. The highest BCUT2D eigenvalue weighted by atomic mass is 35.5. The molecule has 0 aliphatic carbocycles. The number of carbonyl (C=O) groups is 1. The topological polar surface area (TPSA) is 61.5 Å². The Labute approximate surface area is 88.4 Å². The summed E-state index contributed by atoms with van der Waals surface area (Å²) in [6, 6.07) is 4.76. The van der Waals surface area contributed by atoms with Crippen molar-refractivity contribution in [1.29, 1.82) is 0 Å². The van der Waals surface area contributed by atoms with Gasteiger partial charge in [0.1, 0.15) is 11.3 Å². The molecule has 0 aliphatic rings. The van der Waals surface area contributed by atoms with E-state index in [1.54, 1.807) is 18.2 Å². The number of benzene rings is 1. The van der Waals surface area contributed by atoms with Crippen LogP contribution in [-0.4, -0.2) is 20.2 Å². The van der Waals surface area contributed by atoms with Crippen molar-refractivity contribution in [2.75, 3.05) is 20.0 Å². The van der Waals surface area contributed by atoms with Crippen molar-refractivity contribution in [3.63, 3.8) is 0 Å². The minimum Gasteiger partial charge on any atom is -0.496 e. The molecule has 0 aliphatic heterocycles. The van der Waals surface area contributed by atoms with E-state index in [4.69, 9.17) is 10.5 Å². The first kappa shape index (κ1) is 12.6. The van der Waals surface area contributed by atoms with Crippen LogP contribution >= 0.6 is 12.4 Å². The van der Waals surface area contributed by atoms with Crippen LogP contribution in [0.3, 0.4) is 0 Å². The number of hydrogen-bond donors (Lipinski definition) is 1. The van der Waals surface area contributed by atoms with Crippen LogP contribution in [0.2, 0.25) is 0 Å². The normalized spacial score (nSPS) is 8.71. The van der Waals surface area contributed by atoms with Gasteiger partial charge in [-0.1, -0.05) is 0 Å². The Hall–Kier alpha value is -1.42. The number of hydrogen-bond acceptors (Lipinski definition) is 4. The van der Waals surface area contributed by atoms with Crippen LogP contribution in [0, 0.1) is 0 Å². The Bertz CT molecular complexity index is 328. The van der Waals surface area contributed by atoms with Crippen LogP contribution in [0.15, 0.2) is 18.2 Å². The number of carbonyl (C=O) groups excluding carboxylic acids is 1. The first-order valence-electron chi connectivity index (χ1n) is 3.71. The summed E-state index contributed by atoms with van der Waals surface area (Å²) in [5.74, 6) is -0.0105. The highest BCUT2D eigenvalue weighted by Crippen LogP contribution is 2.21. The molecule has 0 amide bonds. The lowest BCUT2D eigenvalue weighted by atomic mass is 10.2. The van der Waals surface area contributed by atoms with Crippen molar-refractivity contribution >= 4 is 24.1 Å². The molecule has 1 aromatic rings. The summed E-state index contributed by atoms with van der Waals surface area (Å²) in [5.41, 5.74) is 6.43. The monoisotopic (exact) mass is 217 g/mol. The van der Waals surface area contributed by atoms with Crippen molar-refractivity contribution < 1.29 is 14.3 Å². The van der Waals surface area contributed by atoms with Crippen LogP contribution in [0.4, 0.5) is 5.69 Å². The minimum atomic E-state index is -0.433. The summed E-state index contributed by atoms with van der Waals surface area (Å²) in [6.07, 6.45) is 0. The van der Waals surface area contributed by atoms with Crippen LogP contribution in [0.25, 0.3) is 0 Å². The Morgan fingerprint density at radius 1 is 1.36 bits per heavy atom. The van der Waals surface area contributed by atoms with Crippen molar-refractivity contribution in [3.05, 3.63) is 23.8 Å². The number of rotatable bonds is 2. The number of methoxy groups -OCH3 is 2. The van der Waals surface area contributed by atoms with E-state index in [0.29, 0.717) is 17.0 Å². The number of ether oxygens (including phenoxy) is 2. The van der Waals surface area contributed by atoms with E-state index < -0.39 is 5.97 Å². The van der Waals surface area contributed by atoms with Gasteiger partial charge in [-0.2, -0.15) is 0 Å². The van der Waals surface area contributed by atoms with E-state index in [0.717, 1.165) is 0 Å². The quantitative estimate of drug-likeness (QED) is 0.602. The zero-order valence-electron chi connectivity index (χ0n) is 7.94. The zero-order chi connectivity index (χ0) is 9.84. The number of nitrogens with two attached hydrogens (primary N) is 1. The van der Waals surface area contributed by atoms with Gasteiger partial charge in [0.25, 0.3) is 0 Å². The first-order chi connectivity index (χ1) is 6.19. The number of nitrogen functional groups attached to an aromatic ring is 1. The SMILES string of the molecule is COC(=O)c1ccc(N)cc1OC.Cl. The van der Waals surface area contributed by atoms with Crippen LogP contribution < -0.4 is 10.5 Å². The molecule has 1 rings (SSSR count). The average molecular weight is 218 g/mol. The largest absolute Gasteiger partial charge is 0.496 e. The van der Waals surface area contributed by atoms with Gasteiger partial charge in [-0.05, 0) is 12.1 Å². The molecule has 0 bridgehead atoms. The molecule has 5 heteroatoms. The van der Waals surface area contributed by atoms with Crippen LogP contribution in [0.1, 0.15) is 10.4 Å². The third-order valence-corrected chi connectivity index (χ3v) is 1.63. The van der Waals surface area contributed by atoms with E-state index >= 15 is 0 Å². The number of halogens is 1. The second-order valence-electron chi connectivity index (χ2n) is 2.45. The van der Waals surface area contributed by atoms with Crippen molar-refractivity contribution in [3.8, 4) is 5.75 Å². The molecule has 2 N–H and O–H groups in total. The fourth-order valence-electron chi connectivity index (χ4n) is 0.986. The van der Waals surface area contributed by atoms with Gasteiger partial charge in [-0.15, -0.1) is 12.4 Å². The Balaban J connectivity index is 0.00000169. The lowest BCUT2D eigenvalue weighted by Gasteiger charge is -2.06. The standard InChI is InChI=1S/C9H11NO3.ClH/c1-12-8-5-6(10)3-4-7(8)9(11)13-2;/h3-5H,10H2,1-2H3;1H. The van der Waals surface area contributed by atoms with Crippen molar-refractivity contribution in [2.24, 2.45) is 0 Å². The van der Waals surface area contributed by atoms with Gasteiger partial charge in [0.15, 0.2) is 0 Å². The molecule has 0 saturated heterocycles. The lowest BCUT2D eigenvalue weighted by Crippen LogP contribution is -2.04. The van der Waals surface area contributed by atoms with Gasteiger partial charge < -0.3 is 15.2 Å². The van der Waals surface area contributed by atoms with Gasteiger partial charge in [-0.25, -0.2) is 4.79 Å². The van der Waals surface area contributed by atoms with E-state index in [9.17, 15) is 4.79 Å². The smallest absolute Gasteiger partial charge is 0.341 e. The van der Waals surface area contributed by atoms with E-state index in [1.807, 2.05) is 0 Å². The molecule has 0 heterocycles. The fourth-order valence-corrected chi connectivity index (χ4v) is 0.986. The summed E-state index contributed by atoms with van der Waals surface area (Å²) in [7, 11) is 2.79. The summed E-state index contributed by atoms with van der Waals surface area (Å²) in [4.78, 5) is 11.2. The Morgan fingerprint density at radius 2 is 2.00 bits per heavy atom. The Morgan fingerprint density at radius 3 is 2.50 bits per heavy atom. The third kappa shape index (κ3) is 2.53. The zero-order valence-corrected chi connectivity index (χ0v) is 8.76. The summed E-state index contributed by atoms with van der Waals surface area (Å²) >= 11 is 0. The maximum atomic E-state index is 11.2. The van der Waals surface area contributed by atoms with Gasteiger partial charge in [-0.3, -0.25) is 0 Å². The number of anilines is 1. The first-order valence-corrected chi connectivity index (χ1v) is 3.71. The Kier molecular flexibility index (Phi) is 4.80. The van der Waals surface area contributed by atoms with Crippen molar-refractivity contribution in [2.45, 2.75) is 0 Å². The third-order valence-electron chi connectivity index (χ3n) is 1.63.